The zero-order chi connectivity index (χ0) is 16.9. The van der Waals surface area contributed by atoms with Crippen LogP contribution in [0.3, 0.4) is 0 Å². The number of rotatable bonds is 5. The number of aryl methyl sites for hydroxylation is 1. The van der Waals surface area contributed by atoms with Gasteiger partial charge in [-0.3, -0.25) is 4.79 Å². The average molecular weight is 324 g/mol. The Balaban J connectivity index is 1.65. The van der Waals surface area contributed by atoms with E-state index >= 15 is 0 Å². The Morgan fingerprint density at radius 1 is 1.12 bits per heavy atom. The first-order chi connectivity index (χ1) is 11.7. The molecule has 3 N–H and O–H groups in total. The molecule has 0 bridgehead atoms. The Labute approximate surface area is 144 Å². The molecular formula is C21H28N2O. The third-order valence-corrected chi connectivity index (χ3v) is 5.23. The van der Waals surface area contributed by atoms with Crippen molar-refractivity contribution in [2.24, 2.45) is 11.7 Å². The minimum absolute atomic E-state index is 0.0634. The number of hydrogen-bond acceptors (Lipinski definition) is 2. The van der Waals surface area contributed by atoms with Gasteiger partial charge in [0.25, 0.3) is 0 Å². The molecule has 1 atom stereocenters. The van der Waals surface area contributed by atoms with Gasteiger partial charge in [0.1, 0.15) is 0 Å². The molecular weight excluding hydrogens is 296 g/mol. The van der Waals surface area contributed by atoms with Crippen molar-refractivity contribution < 1.29 is 4.79 Å². The largest absolute Gasteiger partial charge is 0.325 e. The molecule has 3 heteroatoms. The minimum atomic E-state index is -0.411. The predicted octanol–water partition coefficient (Wildman–Crippen LogP) is 4.64. The summed E-state index contributed by atoms with van der Waals surface area (Å²) in [6.07, 6.45) is 8.15. The standard InChI is InChI=1S/C21H28N2O/c1-2-15-8-9-17-10-11-19(14-18(17)12-15)23-21(24)20(22)13-16-6-4-3-5-7-16/h8-12,14,16,20H,2-7,13,22H2,1H3,(H,23,24). The van der Waals surface area contributed by atoms with E-state index in [0.29, 0.717) is 5.92 Å². The molecule has 1 fully saturated rings. The van der Waals surface area contributed by atoms with Crippen molar-refractivity contribution in [1.82, 2.24) is 0 Å². The number of nitrogens with one attached hydrogen (secondary N) is 1. The Bertz CT molecular complexity index is 704. The highest BCUT2D eigenvalue weighted by molar-refractivity contribution is 5.97. The van der Waals surface area contributed by atoms with E-state index in [0.717, 1.165) is 23.9 Å². The van der Waals surface area contributed by atoms with Crippen molar-refractivity contribution in [2.75, 3.05) is 5.32 Å². The van der Waals surface area contributed by atoms with E-state index in [1.54, 1.807) is 0 Å². The SMILES string of the molecule is CCc1ccc2ccc(NC(=O)C(N)CC3CCCCC3)cc2c1. The van der Waals surface area contributed by atoms with Crippen LogP contribution in [0.4, 0.5) is 5.69 Å². The second-order valence-corrected chi connectivity index (χ2v) is 7.09. The van der Waals surface area contributed by atoms with Gasteiger partial charge in [0.05, 0.1) is 6.04 Å². The minimum Gasteiger partial charge on any atom is -0.325 e. The van der Waals surface area contributed by atoms with Gasteiger partial charge in [0.2, 0.25) is 5.91 Å². The summed E-state index contributed by atoms with van der Waals surface area (Å²) in [4.78, 5) is 12.4. The molecule has 3 rings (SSSR count). The van der Waals surface area contributed by atoms with Gasteiger partial charge >= 0.3 is 0 Å². The van der Waals surface area contributed by atoms with Crippen LogP contribution in [0.5, 0.6) is 0 Å². The van der Waals surface area contributed by atoms with Crippen LogP contribution in [0.2, 0.25) is 0 Å². The Kier molecular flexibility index (Phi) is 5.52. The fourth-order valence-electron chi connectivity index (χ4n) is 3.72. The summed E-state index contributed by atoms with van der Waals surface area (Å²) in [6, 6.07) is 12.1. The molecule has 1 saturated carbocycles. The highest BCUT2D eigenvalue weighted by atomic mass is 16.2. The van der Waals surface area contributed by atoms with Crippen molar-refractivity contribution in [1.29, 1.82) is 0 Å². The summed E-state index contributed by atoms with van der Waals surface area (Å²) in [6.45, 7) is 2.15. The number of nitrogens with two attached hydrogens (primary N) is 1. The molecule has 1 unspecified atom stereocenters. The molecule has 0 radical (unpaired) electrons. The Morgan fingerprint density at radius 3 is 2.62 bits per heavy atom. The molecule has 0 heterocycles. The van der Waals surface area contributed by atoms with Crippen LogP contribution >= 0.6 is 0 Å². The van der Waals surface area contributed by atoms with Gasteiger partial charge in [-0.1, -0.05) is 63.3 Å². The monoisotopic (exact) mass is 324 g/mol. The summed E-state index contributed by atoms with van der Waals surface area (Å²) in [5.74, 6) is 0.551. The summed E-state index contributed by atoms with van der Waals surface area (Å²) in [5, 5.41) is 5.35. The summed E-state index contributed by atoms with van der Waals surface area (Å²) < 4.78 is 0. The molecule has 128 valence electrons. The Morgan fingerprint density at radius 2 is 1.88 bits per heavy atom. The van der Waals surface area contributed by atoms with Gasteiger partial charge in [0, 0.05) is 5.69 Å². The van der Waals surface area contributed by atoms with Crippen molar-refractivity contribution in [2.45, 2.75) is 57.9 Å². The molecule has 0 saturated heterocycles. The van der Waals surface area contributed by atoms with E-state index in [-0.39, 0.29) is 5.91 Å². The van der Waals surface area contributed by atoms with Crippen molar-refractivity contribution in [3.63, 3.8) is 0 Å². The third kappa shape index (κ3) is 4.15. The summed E-state index contributed by atoms with van der Waals surface area (Å²) >= 11 is 0. The lowest BCUT2D eigenvalue weighted by atomic mass is 9.85. The highest BCUT2D eigenvalue weighted by Crippen LogP contribution is 2.27. The smallest absolute Gasteiger partial charge is 0.241 e. The zero-order valence-electron chi connectivity index (χ0n) is 14.6. The second-order valence-electron chi connectivity index (χ2n) is 7.09. The fraction of sp³-hybridized carbons (Fsp3) is 0.476. The maximum absolute atomic E-state index is 12.4. The van der Waals surface area contributed by atoms with Crippen molar-refractivity contribution in [3.8, 4) is 0 Å². The van der Waals surface area contributed by atoms with Gasteiger partial charge in [-0.25, -0.2) is 0 Å². The molecule has 0 spiro atoms. The molecule has 1 aliphatic rings. The first kappa shape index (κ1) is 17.0. The zero-order valence-corrected chi connectivity index (χ0v) is 14.6. The number of hydrogen-bond donors (Lipinski definition) is 2. The van der Waals surface area contributed by atoms with Crippen LogP contribution in [0.25, 0.3) is 10.8 Å². The third-order valence-electron chi connectivity index (χ3n) is 5.23. The number of fused-ring (bicyclic) bond motifs is 1. The summed E-state index contributed by atoms with van der Waals surface area (Å²) in [7, 11) is 0. The van der Waals surface area contributed by atoms with E-state index in [2.05, 4.69) is 36.5 Å². The molecule has 0 aromatic heterocycles. The van der Waals surface area contributed by atoms with Crippen molar-refractivity contribution >= 4 is 22.4 Å². The lowest BCUT2D eigenvalue weighted by Crippen LogP contribution is -2.37. The highest BCUT2D eigenvalue weighted by Gasteiger charge is 2.21. The Hall–Kier alpha value is -1.87. The molecule has 24 heavy (non-hydrogen) atoms. The molecule has 0 aliphatic heterocycles. The van der Waals surface area contributed by atoms with E-state index in [1.165, 1.54) is 43.1 Å². The fourth-order valence-corrected chi connectivity index (χ4v) is 3.72. The van der Waals surface area contributed by atoms with E-state index in [4.69, 9.17) is 5.73 Å². The lowest BCUT2D eigenvalue weighted by Gasteiger charge is -2.24. The van der Waals surface area contributed by atoms with Crippen LogP contribution < -0.4 is 11.1 Å². The number of carbonyl (C=O) groups is 1. The number of benzene rings is 2. The first-order valence-corrected chi connectivity index (χ1v) is 9.25. The van der Waals surface area contributed by atoms with E-state index in [9.17, 15) is 4.79 Å². The first-order valence-electron chi connectivity index (χ1n) is 9.25. The molecule has 2 aromatic carbocycles. The van der Waals surface area contributed by atoms with Gasteiger partial charge in [-0.15, -0.1) is 0 Å². The van der Waals surface area contributed by atoms with Crippen LogP contribution in [0, 0.1) is 5.92 Å². The van der Waals surface area contributed by atoms with Gasteiger partial charge in [-0.2, -0.15) is 0 Å². The predicted molar refractivity (Wildman–Crippen MR) is 101 cm³/mol. The summed E-state index contributed by atoms with van der Waals surface area (Å²) in [5.41, 5.74) is 8.28. The topological polar surface area (TPSA) is 55.1 Å². The molecule has 3 nitrogen and oxygen atoms in total. The van der Waals surface area contributed by atoms with Crippen molar-refractivity contribution in [3.05, 3.63) is 42.0 Å². The molecule has 1 aliphatic carbocycles. The maximum Gasteiger partial charge on any atom is 0.241 e. The quantitative estimate of drug-likeness (QED) is 0.842. The number of carbonyl (C=O) groups excluding carboxylic acids is 1. The van der Waals surface area contributed by atoms with E-state index < -0.39 is 6.04 Å². The normalized spacial score (nSPS) is 16.9. The van der Waals surface area contributed by atoms with Crippen LogP contribution in [0.15, 0.2) is 36.4 Å². The number of anilines is 1. The average Bonchev–Trinajstić information content (AvgIpc) is 2.61. The van der Waals surface area contributed by atoms with Gasteiger partial charge < -0.3 is 11.1 Å². The van der Waals surface area contributed by atoms with Crippen LogP contribution in [-0.4, -0.2) is 11.9 Å². The van der Waals surface area contributed by atoms with Gasteiger partial charge in [-0.05, 0) is 47.2 Å². The van der Waals surface area contributed by atoms with Crippen LogP contribution in [0.1, 0.15) is 51.0 Å². The van der Waals surface area contributed by atoms with E-state index in [1.807, 2.05) is 12.1 Å². The maximum atomic E-state index is 12.4. The number of amides is 1. The molecule has 1 amide bonds. The van der Waals surface area contributed by atoms with Crippen LogP contribution in [-0.2, 0) is 11.2 Å². The van der Waals surface area contributed by atoms with Gasteiger partial charge in [0.15, 0.2) is 0 Å². The molecule has 2 aromatic rings. The lowest BCUT2D eigenvalue weighted by molar-refractivity contribution is -0.117. The second kappa shape index (κ2) is 7.80.